The maximum absolute atomic E-state index is 13.4. The highest BCUT2D eigenvalue weighted by atomic mass is 19.4. The van der Waals surface area contributed by atoms with Crippen LogP contribution in [-0.4, -0.2) is 60.8 Å². The summed E-state index contributed by atoms with van der Waals surface area (Å²) in [4.78, 5) is 24.6. The number of fused-ring (bicyclic) bond motifs is 1. The lowest BCUT2D eigenvalue weighted by molar-refractivity contribution is -0.670. The summed E-state index contributed by atoms with van der Waals surface area (Å²) in [6, 6.07) is 1.73. The van der Waals surface area contributed by atoms with Crippen molar-refractivity contribution in [2.75, 3.05) is 13.1 Å². The molecule has 0 aliphatic carbocycles. The van der Waals surface area contributed by atoms with Crippen molar-refractivity contribution < 1.29 is 71.2 Å². The van der Waals surface area contributed by atoms with Gasteiger partial charge < -0.3 is 24.6 Å². The van der Waals surface area contributed by atoms with Crippen LogP contribution in [0.4, 0.5) is 26.3 Å². The Kier molecular flexibility index (Phi) is 15.3. The number of halogens is 6. The number of quaternary nitrogens is 1. The number of hydrogen-bond acceptors (Lipinski definition) is 9. The van der Waals surface area contributed by atoms with Crippen molar-refractivity contribution in [2.45, 2.75) is 58.0 Å². The van der Waals surface area contributed by atoms with Crippen LogP contribution in [0, 0.1) is 0 Å². The van der Waals surface area contributed by atoms with E-state index in [1.807, 2.05) is 0 Å². The van der Waals surface area contributed by atoms with Crippen LogP contribution >= 0.6 is 0 Å². The van der Waals surface area contributed by atoms with Gasteiger partial charge in [-0.15, -0.1) is 13.2 Å². The number of carbonyl (C=O) groups is 2. The SMILES string of the molecule is C1CCNC1.CCc1cc(OC(F)(F)F)cc2c1OC(C(F)(F)F)C(C(=O)OC(C)ON)=C2.O=CO.[NH3+]O. The molecule has 38 heavy (non-hydrogen) atoms. The summed E-state index contributed by atoms with van der Waals surface area (Å²) in [5, 5.41) is 16.9. The molecule has 0 bridgehead atoms. The summed E-state index contributed by atoms with van der Waals surface area (Å²) >= 11 is 0. The summed E-state index contributed by atoms with van der Waals surface area (Å²) in [6.45, 7) is 4.91. The number of esters is 1. The smallest absolute Gasteiger partial charge is 0.483 e. The number of carbonyl (C=O) groups excluding carboxylic acids is 1. The number of aryl methyl sites for hydroxylation is 1. The highest BCUT2D eigenvalue weighted by Gasteiger charge is 2.49. The largest absolute Gasteiger partial charge is 0.573 e. The van der Waals surface area contributed by atoms with Gasteiger partial charge in [0.25, 0.3) is 6.47 Å². The standard InChI is InChI=1S/C16H15F6NO5.C4H9N.CH2O2.H4NO/c1-3-8-4-10(27-16(20,21)22)5-9-6-11(14(24)25-7(2)28-23)13(15(17,18)19)26-12(8)9;1-2-4-5-3-1;2-1-3;1-2/h4-7,13H,3,23H2,1-2H3;5H,1-4H2;1H,(H,2,3);2H,1H3/q;;;+1. The van der Waals surface area contributed by atoms with E-state index in [9.17, 15) is 31.1 Å². The first-order chi connectivity index (χ1) is 17.8. The molecule has 1 aromatic rings. The van der Waals surface area contributed by atoms with Gasteiger partial charge in [0.2, 0.25) is 12.4 Å². The molecular formula is C21H30F6N3O8+. The molecule has 3 rings (SSSR count). The Morgan fingerprint density at radius 1 is 1.24 bits per heavy atom. The van der Waals surface area contributed by atoms with Gasteiger partial charge in [-0.05, 0) is 63.0 Å². The molecule has 2 aliphatic rings. The molecule has 8 N–H and O–H groups in total. The van der Waals surface area contributed by atoms with Crippen LogP contribution in [0.5, 0.6) is 11.5 Å². The van der Waals surface area contributed by atoms with Crippen LogP contribution < -0.4 is 26.6 Å². The zero-order valence-electron chi connectivity index (χ0n) is 20.4. The first-order valence-electron chi connectivity index (χ1n) is 10.8. The first-order valence-corrected chi connectivity index (χ1v) is 10.8. The Labute approximate surface area is 213 Å². The Balaban J connectivity index is 0.00000116. The van der Waals surface area contributed by atoms with Gasteiger partial charge in [-0.2, -0.15) is 13.2 Å². The predicted molar refractivity (Wildman–Crippen MR) is 117 cm³/mol. The summed E-state index contributed by atoms with van der Waals surface area (Å²) in [5.74, 6) is 4.61. The average molecular weight is 566 g/mol. The van der Waals surface area contributed by atoms with Crippen molar-refractivity contribution in [2.24, 2.45) is 5.90 Å². The van der Waals surface area contributed by atoms with E-state index in [0.717, 1.165) is 25.1 Å². The van der Waals surface area contributed by atoms with Gasteiger partial charge in [0.05, 0.1) is 5.57 Å². The van der Waals surface area contributed by atoms with Gasteiger partial charge >= 0.3 is 18.5 Å². The monoisotopic (exact) mass is 566 g/mol. The zero-order valence-corrected chi connectivity index (χ0v) is 20.4. The molecular weight excluding hydrogens is 536 g/mol. The average Bonchev–Trinajstić information content (AvgIpc) is 3.43. The third-order valence-corrected chi connectivity index (χ3v) is 4.57. The fraction of sp³-hybridized carbons (Fsp3) is 0.524. The van der Waals surface area contributed by atoms with E-state index in [1.165, 1.54) is 32.9 Å². The number of rotatable bonds is 5. The molecule has 0 saturated carbocycles. The Hall–Kier alpha value is -3.12. The second-order valence-corrected chi connectivity index (χ2v) is 7.21. The van der Waals surface area contributed by atoms with Gasteiger partial charge in [0.15, 0.2) is 0 Å². The fourth-order valence-electron chi connectivity index (χ4n) is 3.09. The number of nitrogens with two attached hydrogens (primary N) is 1. The van der Waals surface area contributed by atoms with Crippen molar-refractivity contribution in [3.8, 4) is 11.5 Å². The lowest BCUT2D eigenvalue weighted by Crippen LogP contribution is -2.42. The van der Waals surface area contributed by atoms with E-state index in [4.69, 9.17) is 25.7 Å². The van der Waals surface area contributed by atoms with E-state index in [0.29, 0.717) is 0 Å². The molecule has 1 fully saturated rings. The van der Waals surface area contributed by atoms with Crippen molar-refractivity contribution in [1.82, 2.24) is 5.32 Å². The third kappa shape index (κ3) is 12.0. The van der Waals surface area contributed by atoms with E-state index in [1.54, 1.807) is 0 Å². The second kappa shape index (κ2) is 16.7. The van der Waals surface area contributed by atoms with Crippen LogP contribution in [0.25, 0.3) is 6.08 Å². The van der Waals surface area contributed by atoms with Gasteiger partial charge in [-0.25, -0.2) is 21.8 Å². The molecule has 218 valence electrons. The molecule has 0 spiro atoms. The molecule has 11 nitrogen and oxygen atoms in total. The van der Waals surface area contributed by atoms with Gasteiger partial charge in [0, 0.05) is 5.56 Å². The minimum absolute atomic E-state index is 0.0355. The maximum Gasteiger partial charge on any atom is 0.573 e. The molecule has 2 heterocycles. The number of benzene rings is 1. The van der Waals surface area contributed by atoms with Crippen molar-refractivity contribution in [3.05, 3.63) is 28.8 Å². The van der Waals surface area contributed by atoms with E-state index < -0.39 is 42.2 Å². The van der Waals surface area contributed by atoms with Crippen molar-refractivity contribution in [3.63, 3.8) is 0 Å². The molecule has 1 aromatic carbocycles. The summed E-state index contributed by atoms with van der Waals surface area (Å²) in [7, 11) is 0. The first kappa shape index (κ1) is 34.9. The fourth-order valence-corrected chi connectivity index (χ4v) is 3.09. The minimum atomic E-state index is -5.01. The minimum Gasteiger partial charge on any atom is -0.483 e. The summed E-state index contributed by atoms with van der Waals surface area (Å²) in [5.41, 5.74) is -1.14. The van der Waals surface area contributed by atoms with E-state index >= 15 is 0 Å². The van der Waals surface area contributed by atoms with Gasteiger partial charge in [-0.1, -0.05) is 6.92 Å². The molecule has 0 radical (unpaired) electrons. The topological polar surface area (TPSA) is 177 Å². The van der Waals surface area contributed by atoms with Crippen molar-refractivity contribution >= 4 is 18.5 Å². The lowest BCUT2D eigenvalue weighted by atomic mass is 9.97. The molecule has 2 aliphatic heterocycles. The molecule has 2 unspecified atom stereocenters. The molecule has 2 atom stereocenters. The third-order valence-electron chi connectivity index (χ3n) is 4.57. The quantitative estimate of drug-likeness (QED) is 0.117. The molecule has 0 amide bonds. The molecule has 0 aromatic heterocycles. The Morgan fingerprint density at radius 3 is 2.18 bits per heavy atom. The van der Waals surface area contributed by atoms with E-state index in [2.05, 4.69) is 25.5 Å². The zero-order chi connectivity index (χ0) is 29.5. The Morgan fingerprint density at radius 2 is 1.79 bits per heavy atom. The van der Waals surface area contributed by atoms with E-state index in [-0.39, 0.29) is 29.8 Å². The molecule has 1 saturated heterocycles. The van der Waals surface area contributed by atoms with Crippen LogP contribution in [-0.2, 0) is 25.6 Å². The van der Waals surface area contributed by atoms with Gasteiger partial charge in [-0.3, -0.25) is 9.63 Å². The maximum atomic E-state index is 13.4. The number of ether oxygens (including phenoxy) is 3. The second-order valence-electron chi connectivity index (χ2n) is 7.21. The lowest BCUT2D eigenvalue weighted by Gasteiger charge is -2.30. The summed E-state index contributed by atoms with van der Waals surface area (Å²) < 4.78 is 91.1. The van der Waals surface area contributed by atoms with Crippen LogP contribution in [0.2, 0.25) is 0 Å². The van der Waals surface area contributed by atoms with Gasteiger partial charge in [0.1, 0.15) is 11.5 Å². The highest BCUT2D eigenvalue weighted by molar-refractivity contribution is 5.96. The predicted octanol–water partition coefficient (Wildman–Crippen LogP) is 2.32. The number of carboxylic acid groups (broad SMARTS) is 1. The van der Waals surface area contributed by atoms with Crippen LogP contribution in [0.15, 0.2) is 17.7 Å². The Bertz CT molecular complexity index is 901. The number of hydrogen-bond donors (Lipinski definition) is 5. The van der Waals surface area contributed by atoms with Crippen LogP contribution in [0.3, 0.4) is 0 Å². The van der Waals surface area contributed by atoms with Crippen molar-refractivity contribution in [1.29, 1.82) is 0 Å². The molecule has 17 heteroatoms. The summed E-state index contributed by atoms with van der Waals surface area (Å²) in [6.07, 6.45) is -10.5. The normalized spacial score (nSPS) is 16.8. The number of nitrogens with one attached hydrogen (secondary N) is 1. The number of alkyl halides is 6. The highest BCUT2D eigenvalue weighted by Crippen LogP contribution is 2.42. The van der Waals surface area contributed by atoms with Crippen LogP contribution in [0.1, 0.15) is 37.8 Å².